The molecule has 1 unspecified atom stereocenters. The van der Waals surface area contributed by atoms with Crippen LogP contribution in [0.5, 0.6) is 0 Å². The number of carbonyl (C=O) groups is 3. The van der Waals surface area contributed by atoms with Crippen LogP contribution >= 0.6 is 0 Å². The molecule has 1 heterocycles. The largest absolute Gasteiger partial charge is 0.479 e. The molecule has 0 aromatic heterocycles. The Hall–Kier alpha value is -3.43. The number of aliphatic carboxylic acids is 1. The first-order chi connectivity index (χ1) is 16.9. The first kappa shape index (κ1) is 24.7. The molecule has 1 aliphatic heterocycles. The summed E-state index contributed by atoms with van der Waals surface area (Å²) in [6, 6.07) is 16.2. The molecule has 1 saturated heterocycles. The monoisotopic (exact) mass is 482 g/mol. The topological polar surface area (TPSA) is 123 Å². The number of nitrogens with one attached hydrogen (secondary N) is 2. The summed E-state index contributed by atoms with van der Waals surface area (Å²) in [6.45, 7) is 0.800. The van der Waals surface area contributed by atoms with Gasteiger partial charge < -0.3 is 30.0 Å². The molecule has 9 nitrogen and oxygen atoms in total. The van der Waals surface area contributed by atoms with E-state index in [9.17, 15) is 14.4 Å². The highest BCUT2D eigenvalue weighted by molar-refractivity contribution is 5.81. The Kier molecular flexibility index (Phi) is 7.67. The van der Waals surface area contributed by atoms with Crippen molar-refractivity contribution in [2.75, 3.05) is 33.5 Å². The van der Waals surface area contributed by atoms with Gasteiger partial charge in [-0.1, -0.05) is 48.5 Å². The van der Waals surface area contributed by atoms with Crippen LogP contribution in [0.25, 0.3) is 11.1 Å². The number of rotatable bonds is 9. The molecule has 0 radical (unpaired) electrons. The molecule has 2 aromatic carbocycles. The summed E-state index contributed by atoms with van der Waals surface area (Å²) < 4.78 is 16.0. The second-order valence-electron chi connectivity index (χ2n) is 8.89. The summed E-state index contributed by atoms with van der Waals surface area (Å²) in [5.41, 5.74) is 3.69. The molecular formula is C26H30N2O7. The average Bonchev–Trinajstić information content (AvgIpc) is 3.17. The lowest BCUT2D eigenvalue weighted by atomic mass is 9.86. The molecule has 3 N–H and O–H groups in total. The van der Waals surface area contributed by atoms with Gasteiger partial charge in [-0.05, 0) is 35.1 Å². The summed E-state index contributed by atoms with van der Waals surface area (Å²) in [4.78, 5) is 36.6. The van der Waals surface area contributed by atoms with E-state index >= 15 is 0 Å². The third-order valence-electron chi connectivity index (χ3n) is 6.70. The van der Waals surface area contributed by atoms with Crippen molar-refractivity contribution >= 4 is 18.0 Å². The molecule has 1 aliphatic carbocycles. The quantitative estimate of drug-likeness (QED) is 0.502. The van der Waals surface area contributed by atoms with E-state index in [0.29, 0.717) is 26.1 Å². The maximum atomic E-state index is 12.9. The lowest BCUT2D eigenvalue weighted by Crippen LogP contribution is -2.55. The Morgan fingerprint density at radius 2 is 1.66 bits per heavy atom. The molecule has 1 atom stereocenters. The van der Waals surface area contributed by atoms with E-state index in [1.54, 1.807) is 0 Å². The molecule has 2 amide bonds. The van der Waals surface area contributed by atoms with Gasteiger partial charge >= 0.3 is 12.1 Å². The molecule has 0 spiro atoms. The van der Waals surface area contributed by atoms with Crippen molar-refractivity contribution in [3.8, 4) is 11.1 Å². The summed E-state index contributed by atoms with van der Waals surface area (Å²) in [5, 5.41) is 14.6. The second kappa shape index (κ2) is 10.9. The van der Waals surface area contributed by atoms with E-state index in [0.717, 1.165) is 22.3 Å². The Bertz CT molecular complexity index is 1040. The number of fused-ring (bicyclic) bond motifs is 3. The SMILES string of the molecule is COC(CNC(=O)CC1(NC(=O)OCC2c3ccccc3-c3ccccc32)CCOCC1)C(=O)O. The Balaban J connectivity index is 1.39. The van der Waals surface area contributed by atoms with Gasteiger partial charge in [0.25, 0.3) is 0 Å². The Labute approximate surface area is 203 Å². The molecule has 0 saturated carbocycles. The third-order valence-corrected chi connectivity index (χ3v) is 6.70. The predicted octanol–water partition coefficient (Wildman–Crippen LogP) is 2.68. The van der Waals surface area contributed by atoms with Crippen molar-refractivity contribution in [3.05, 3.63) is 59.7 Å². The van der Waals surface area contributed by atoms with Crippen molar-refractivity contribution in [2.24, 2.45) is 0 Å². The van der Waals surface area contributed by atoms with Crippen LogP contribution in [0.1, 0.15) is 36.3 Å². The van der Waals surface area contributed by atoms with Crippen molar-refractivity contribution in [1.29, 1.82) is 0 Å². The number of hydrogen-bond acceptors (Lipinski definition) is 6. The van der Waals surface area contributed by atoms with Crippen LogP contribution in [-0.4, -0.2) is 68.2 Å². The van der Waals surface area contributed by atoms with Crippen LogP contribution in [-0.2, 0) is 23.8 Å². The lowest BCUT2D eigenvalue weighted by Gasteiger charge is -2.37. The summed E-state index contributed by atoms with van der Waals surface area (Å²) in [7, 11) is 1.27. The highest BCUT2D eigenvalue weighted by Crippen LogP contribution is 2.44. The molecule has 186 valence electrons. The molecule has 2 aromatic rings. The maximum Gasteiger partial charge on any atom is 0.407 e. The summed E-state index contributed by atoms with van der Waals surface area (Å²) in [6.07, 6.45) is -0.868. The number of hydrogen-bond donors (Lipinski definition) is 3. The molecule has 1 fully saturated rings. The minimum atomic E-state index is -1.16. The second-order valence-corrected chi connectivity index (χ2v) is 8.89. The van der Waals surface area contributed by atoms with Crippen molar-refractivity contribution < 1.29 is 33.7 Å². The number of alkyl carbamates (subject to hydrolysis) is 1. The Morgan fingerprint density at radius 1 is 1.06 bits per heavy atom. The van der Waals surface area contributed by atoms with Gasteiger partial charge in [-0.15, -0.1) is 0 Å². The van der Waals surface area contributed by atoms with Gasteiger partial charge in [0, 0.05) is 32.7 Å². The summed E-state index contributed by atoms with van der Waals surface area (Å²) >= 11 is 0. The van der Waals surface area contributed by atoms with E-state index in [1.165, 1.54) is 7.11 Å². The van der Waals surface area contributed by atoms with Gasteiger partial charge in [0.2, 0.25) is 5.91 Å². The fourth-order valence-electron chi connectivity index (χ4n) is 4.81. The predicted molar refractivity (Wildman–Crippen MR) is 127 cm³/mol. The smallest absolute Gasteiger partial charge is 0.407 e. The fourth-order valence-corrected chi connectivity index (χ4v) is 4.81. The number of carbonyl (C=O) groups excluding carboxylic acids is 2. The van der Waals surface area contributed by atoms with Gasteiger partial charge in [-0.3, -0.25) is 4.79 Å². The number of carboxylic acids is 1. The zero-order valence-electron chi connectivity index (χ0n) is 19.6. The van der Waals surface area contributed by atoms with Gasteiger partial charge in [0.05, 0.1) is 12.1 Å². The first-order valence-electron chi connectivity index (χ1n) is 11.7. The number of methoxy groups -OCH3 is 1. The first-order valence-corrected chi connectivity index (χ1v) is 11.7. The van der Waals surface area contributed by atoms with E-state index in [-0.39, 0.29) is 31.4 Å². The van der Waals surface area contributed by atoms with Crippen LogP contribution in [0.15, 0.2) is 48.5 Å². The van der Waals surface area contributed by atoms with Crippen LogP contribution in [0.3, 0.4) is 0 Å². The van der Waals surface area contributed by atoms with E-state index < -0.39 is 23.7 Å². The molecular weight excluding hydrogens is 452 g/mol. The van der Waals surface area contributed by atoms with Crippen LogP contribution < -0.4 is 10.6 Å². The normalized spacial score (nSPS) is 17.1. The number of amides is 2. The van der Waals surface area contributed by atoms with E-state index in [1.807, 2.05) is 24.3 Å². The number of benzene rings is 2. The molecule has 4 rings (SSSR count). The zero-order chi connectivity index (χ0) is 24.8. The minimum Gasteiger partial charge on any atom is -0.479 e. The molecule has 9 heteroatoms. The number of carboxylic acid groups (broad SMARTS) is 1. The average molecular weight is 483 g/mol. The minimum absolute atomic E-state index is 0.0173. The van der Waals surface area contributed by atoms with Gasteiger partial charge in [-0.2, -0.15) is 0 Å². The lowest BCUT2D eigenvalue weighted by molar-refractivity contribution is -0.148. The highest BCUT2D eigenvalue weighted by atomic mass is 16.5. The fraction of sp³-hybridized carbons (Fsp3) is 0.423. The maximum absolute atomic E-state index is 12.9. The van der Waals surface area contributed by atoms with E-state index in [4.69, 9.17) is 19.3 Å². The highest BCUT2D eigenvalue weighted by Gasteiger charge is 2.38. The van der Waals surface area contributed by atoms with Crippen molar-refractivity contribution in [1.82, 2.24) is 10.6 Å². The zero-order valence-corrected chi connectivity index (χ0v) is 19.6. The van der Waals surface area contributed by atoms with Gasteiger partial charge in [0.1, 0.15) is 6.61 Å². The van der Waals surface area contributed by atoms with Crippen molar-refractivity contribution in [3.63, 3.8) is 0 Å². The molecule has 2 aliphatic rings. The van der Waals surface area contributed by atoms with Gasteiger partial charge in [0.15, 0.2) is 6.10 Å². The molecule has 35 heavy (non-hydrogen) atoms. The van der Waals surface area contributed by atoms with E-state index in [2.05, 4.69) is 34.9 Å². The van der Waals surface area contributed by atoms with Crippen LogP contribution in [0.4, 0.5) is 4.79 Å². The molecule has 0 bridgehead atoms. The third kappa shape index (κ3) is 5.63. The Morgan fingerprint density at radius 3 is 2.23 bits per heavy atom. The standard InChI is InChI=1S/C26H30N2O7/c1-33-22(24(30)31)15-27-23(29)14-26(10-12-34-13-11-26)28-25(32)35-16-21-19-8-4-2-6-17(19)18-7-3-5-9-20(18)21/h2-9,21-22H,10-16H2,1H3,(H,27,29)(H,28,32)(H,30,31). The van der Waals surface area contributed by atoms with Crippen molar-refractivity contribution in [2.45, 2.75) is 36.8 Å². The van der Waals surface area contributed by atoms with Crippen LogP contribution in [0.2, 0.25) is 0 Å². The van der Waals surface area contributed by atoms with Gasteiger partial charge in [-0.25, -0.2) is 9.59 Å². The summed E-state index contributed by atoms with van der Waals surface area (Å²) in [5.74, 6) is -1.61. The van der Waals surface area contributed by atoms with Crippen LogP contribution in [0, 0.1) is 0 Å². The number of ether oxygens (including phenoxy) is 3.